The fraction of sp³-hybridized carbons (Fsp3) is 0.333. The third-order valence-electron chi connectivity index (χ3n) is 2.53. The van der Waals surface area contributed by atoms with Crippen LogP contribution in [0, 0.1) is 5.82 Å². The van der Waals surface area contributed by atoms with E-state index in [-0.39, 0.29) is 6.61 Å². The van der Waals surface area contributed by atoms with Crippen LogP contribution in [0.3, 0.4) is 0 Å². The summed E-state index contributed by atoms with van der Waals surface area (Å²) in [5.41, 5.74) is 4.36. The van der Waals surface area contributed by atoms with Crippen molar-refractivity contribution in [1.29, 1.82) is 0 Å². The fourth-order valence-corrected chi connectivity index (χ4v) is 1.52. The van der Waals surface area contributed by atoms with Gasteiger partial charge in [0.2, 0.25) is 6.17 Å². The van der Waals surface area contributed by atoms with E-state index in [0.717, 1.165) is 6.07 Å². The van der Waals surface area contributed by atoms with Gasteiger partial charge in [-0.2, -0.15) is 0 Å². The number of ether oxygens (including phenoxy) is 1. The third kappa shape index (κ3) is 3.21. The predicted octanol–water partition coefficient (Wildman–Crippen LogP) is 1.13. The zero-order chi connectivity index (χ0) is 15.4. The minimum absolute atomic E-state index is 0.0819. The van der Waals surface area contributed by atoms with Crippen molar-refractivity contribution in [2.45, 2.75) is 19.1 Å². The first-order valence-electron chi connectivity index (χ1n) is 5.61. The Kier molecular flexibility index (Phi) is 4.98. The Labute approximate surface area is 112 Å². The highest BCUT2D eigenvalue weighted by atomic mass is 19.1. The lowest BCUT2D eigenvalue weighted by Crippen LogP contribution is -2.31. The highest BCUT2D eigenvalue weighted by molar-refractivity contribution is 5.88. The minimum Gasteiger partial charge on any atom is -0.505 e. The standard InChI is InChI=1S/C12H13F2NO5/c1-2-20-12(19)8(14)9(15)6-3-5(11(17)18)4-7(13)10(6)16/h3-4,8-9,16H,2,15H2,1H3,(H,17,18)/t8?,9-/m0/s1. The summed E-state index contributed by atoms with van der Waals surface area (Å²) in [4.78, 5) is 22.0. The van der Waals surface area contributed by atoms with Gasteiger partial charge in [0, 0.05) is 5.56 Å². The molecule has 0 aromatic heterocycles. The molecule has 1 aromatic carbocycles. The zero-order valence-corrected chi connectivity index (χ0v) is 10.5. The van der Waals surface area contributed by atoms with Crippen molar-refractivity contribution in [2.75, 3.05) is 6.61 Å². The van der Waals surface area contributed by atoms with E-state index in [1.807, 2.05) is 0 Å². The van der Waals surface area contributed by atoms with Gasteiger partial charge in [0.15, 0.2) is 11.6 Å². The Morgan fingerprint density at radius 1 is 1.45 bits per heavy atom. The predicted molar refractivity (Wildman–Crippen MR) is 63.5 cm³/mol. The monoisotopic (exact) mass is 289 g/mol. The largest absolute Gasteiger partial charge is 0.505 e. The summed E-state index contributed by atoms with van der Waals surface area (Å²) in [5, 5.41) is 18.2. The fourth-order valence-electron chi connectivity index (χ4n) is 1.52. The molecule has 0 saturated heterocycles. The summed E-state index contributed by atoms with van der Waals surface area (Å²) in [6.45, 7) is 1.37. The molecular weight excluding hydrogens is 276 g/mol. The number of nitrogens with two attached hydrogens (primary N) is 1. The van der Waals surface area contributed by atoms with Crippen LogP contribution in [0.15, 0.2) is 12.1 Å². The molecule has 1 unspecified atom stereocenters. The molecule has 4 N–H and O–H groups in total. The van der Waals surface area contributed by atoms with E-state index in [9.17, 15) is 23.5 Å². The molecule has 0 radical (unpaired) electrons. The lowest BCUT2D eigenvalue weighted by atomic mass is 9.99. The van der Waals surface area contributed by atoms with Gasteiger partial charge in [0.1, 0.15) is 0 Å². The SMILES string of the molecule is CCOC(=O)C(F)[C@@H](N)c1cc(C(=O)O)cc(F)c1O. The minimum atomic E-state index is -2.36. The number of carbonyl (C=O) groups excluding carboxylic acids is 1. The lowest BCUT2D eigenvalue weighted by molar-refractivity contribution is -0.149. The van der Waals surface area contributed by atoms with Crippen molar-refractivity contribution in [3.8, 4) is 5.75 Å². The van der Waals surface area contributed by atoms with Gasteiger partial charge in [-0.1, -0.05) is 0 Å². The Bertz CT molecular complexity index is 535. The van der Waals surface area contributed by atoms with Crippen molar-refractivity contribution in [1.82, 2.24) is 0 Å². The van der Waals surface area contributed by atoms with Crippen molar-refractivity contribution in [3.63, 3.8) is 0 Å². The lowest BCUT2D eigenvalue weighted by Gasteiger charge is -2.17. The molecule has 6 nitrogen and oxygen atoms in total. The van der Waals surface area contributed by atoms with Gasteiger partial charge >= 0.3 is 11.9 Å². The van der Waals surface area contributed by atoms with Crippen LogP contribution < -0.4 is 5.73 Å². The van der Waals surface area contributed by atoms with Gasteiger partial charge in [0.05, 0.1) is 18.2 Å². The van der Waals surface area contributed by atoms with E-state index >= 15 is 0 Å². The summed E-state index contributed by atoms with van der Waals surface area (Å²) >= 11 is 0. The maximum Gasteiger partial charge on any atom is 0.342 e. The number of hydrogen-bond acceptors (Lipinski definition) is 5. The van der Waals surface area contributed by atoms with Crippen LogP contribution in [-0.4, -0.2) is 34.9 Å². The maximum absolute atomic E-state index is 13.7. The number of hydrogen-bond donors (Lipinski definition) is 3. The van der Waals surface area contributed by atoms with Gasteiger partial charge in [-0.05, 0) is 19.1 Å². The summed E-state index contributed by atoms with van der Waals surface area (Å²) in [6, 6.07) is -0.384. The second-order valence-corrected chi connectivity index (χ2v) is 3.88. The molecule has 20 heavy (non-hydrogen) atoms. The Hall–Kier alpha value is -2.22. The number of rotatable bonds is 5. The summed E-state index contributed by atoms with van der Waals surface area (Å²) in [6.07, 6.45) is -2.36. The number of carbonyl (C=O) groups is 2. The molecule has 110 valence electrons. The van der Waals surface area contributed by atoms with E-state index in [1.165, 1.54) is 6.92 Å². The first-order valence-corrected chi connectivity index (χ1v) is 5.61. The van der Waals surface area contributed by atoms with Gasteiger partial charge in [-0.3, -0.25) is 0 Å². The Morgan fingerprint density at radius 2 is 2.05 bits per heavy atom. The molecule has 0 bridgehead atoms. The quantitative estimate of drug-likeness (QED) is 0.701. The first-order chi connectivity index (χ1) is 9.29. The van der Waals surface area contributed by atoms with Crippen LogP contribution in [-0.2, 0) is 9.53 Å². The molecule has 0 aliphatic heterocycles. The molecule has 0 amide bonds. The van der Waals surface area contributed by atoms with Gasteiger partial charge < -0.3 is 20.7 Å². The van der Waals surface area contributed by atoms with E-state index in [2.05, 4.69) is 4.74 Å². The molecule has 0 saturated carbocycles. The van der Waals surface area contributed by atoms with Gasteiger partial charge in [0.25, 0.3) is 0 Å². The van der Waals surface area contributed by atoms with Crippen LogP contribution in [0.5, 0.6) is 5.75 Å². The number of halogens is 2. The van der Waals surface area contributed by atoms with Crippen LogP contribution in [0.1, 0.15) is 28.9 Å². The van der Waals surface area contributed by atoms with Gasteiger partial charge in [-0.15, -0.1) is 0 Å². The maximum atomic E-state index is 13.7. The molecule has 0 spiro atoms. The highest BCUT2D eigenvalue weighted by Gasteiger charge is 2.31. The van der Waals surface area contributed by atoms with Crippen molar-refractivity contribution in [2.24, 2.45) is 5.73 Å². The van der Waals surface area contributed by atoms with E-state index in [0.29, 0.717) is 6.07 Å². The van der Waals surface area contributed by atoms with Crippen LogP contribution >= 0.6 is 0 Å². The Balaban J connectivity index is 3.17. The number of alkyl halides is 1. The molecular formula is C12H13F2NO5. The first kappa shape index (κ1) is 15.8. The number of phenolic OH excluding ortho intramolecular Hbond substituents is 1. The molecule has 0 aliphatic carbocycles. The summed E-state index contributed by atoms with van der Waals surface area (Å²) < 4.78 is 31.5. The van der Waals surface area contributed by atoms with Crippen LogP contribution in [0.2, 0.25) is 0 Å². The Morgan fingerprint density at radius 3 is 2.55 bits per heavy atom. The molecule has 2 atom stereocenters. The zero-order valence-electron chi connectivity index (χ0n) is 10.5. The summed E-state index contributed by atoms with van der Waals surface area (Å²) in [7, 11) is 0. The number of benzene rings is 1. The normalized spacial score (nSPS) is 13.6. The van der Waals surface area contributed by atoms with E-state index in [4.69, 9.17) is 10.8 Å². The average molecular weight is 289 g/mol. The number of carboxylic acid groups (broad SMARTS) is 1. The van der Waals surface area contributed by atoms with E-state index in [1.54, 1.807) is 0 Å². The molecule has 0 fully saturated rings. The van der Waals surface area contributed by atoms with Crippen molar-refractivity contribution >= 4 is 11.9 Å². The number of aromatic carboxylic acids is 1. The smallest absolute Gasteiger partial charge is 0.342 e. The van der Waals surface area contributed by atoms with Gasteiger partial charge in [-0.25, -0.2) is 18.4 Å². The van der Waals surface area contributed by atoms with Crippen molar-refractivity contribution in [3.05, 3.63) is 29.1 Å². The molecule has 1 rings (SSSR count). The van der Waals surface area contributed by atoms with Crippen LogP contribution in [0.4, 0.5) is 8.78 Å². The number of carboxylic acids is 1. The highest BCUT2D eigenvalue weighted by Crippen LogP contribution is 2.30. The third-order valence-corrected chi connectivity index (χ3v) is 2.53. The number of esters is 1. The number of phenols is 1. The average Bonchev–Trinajstić information content (AvgIpc) is 2.40. The molecule has 0 aliphatic rings. The van der Waals surface area contributed by atoms with Crippen molar-refractivity contribution < 1.29 is 33.3 Å². The second kappa shape index (κ2) is 6.29. The molecule has 0 heterocycles. The molecule has 8 heteroatoms. The number of aromatic hydroxyl groups is 1. The van der Waals surface area contributed by atoms with Crippen LogP contribution in [0.25, 0.3) is 0 Å². The topological polar surface area (TPSA) is 110 Å². The molecule has 1 aromatic rings. The van der Waals surface area contributed by atoms with E-state index < -0.39 is 46.8 Å². The summed E-state index contributed by atoms with van der Waals surface area (Å²) in [5.74, 6) is -5.04. The second-order valence-electron chi connectivity index (χ2n) is 3.88.